The number of nitrogen functional groups attached to an aromatic ring is 1. The summed E-state index contributed by atoms with van der Waals surface area (Å²) in [5.74, 6) is -0.622. The number of para-hydroxylation sites is 1. The van der Waals surface area contributed by atoms with E-state index in [1.807, 2.05) is 11.0 Å². The molecule has 1 saturated heterocycles. The summed E-state index contributed by atoms with van der Waals surface area (Å²) in [6, 6.07) is 17.3. The van der Waals surface area contributed by atoms with Crippen molar-refractivity contribution in [2.45, 2.75) is 36.7 Å². The van der Waals surface area contributed by atoms with E-state index in [4.69, 9.17) is 5.73 Å². The average Bonchev–Trinajstić information content (AvgIpc) is 3.38. The number of carbonyl (C=O) groups is 3. The lowest BCUT2D eigenvalue weighted by molar-refractivity contribution is -0.137. The summed E-state index contributed by atoms with van der Waals surface area (Å²) in [5, 5.41) is 2.31. The molecule has 1 aromatic heterocycles. The fraction of sp³-hybridized carbons (Fsp3) is 0.267. The number of alkyl halides is 3. The van der Waals surface area contributed by atoms with Crippen LogP contribution in [0.4, 0.5) is 24.5 Å². The number of ketones is 1. The number of thioether (sulfide) groups is 1. The Hall–Kier alpha value is -3.90. The smallest absolute Gasteiger partial charge is 0.399 e. The molecule has 12 heteroatoms. The number of fused-ring (bicyclic) bond motifs is 1. The van der Waals surface area contributed by atoms with E-state index in [9.17, 15) is 27.6 Å². The maximum absolute atomic E-state index is 12.9. The van der Waals surface area contributed by atoms with Gasteiger partial charge in [-0.3, -0.25) is 14.4 Å². The van der Waals surface area contributed by atoms with Crippen LogP contribution in [0.5, 0.6) is 0 Å². The molecule has 0 saturated carbocycles. The Labute approximate surface area is 249 Å². The maximum Gasteiger partial charge on any atom is 0.418 e. The van der Waals surface area contributed by atoms with E-state index >= 15 is 0 Å². The van der Waals surface area contributed by atoms with Gasteiger partial charge in [-0.15, -0.1) is 11.3 Å². The topological polar surface area (TPSA) is 105 Å². The second kappa shape index (κ2) is 13.8. The highest BCUT2D eigenvalue weighted by Gasteiger charge is 2.33. The van der Waals surface area contributed by atoms with Crippen LogP contribution in [0.2, 0.25) is 0 Å². The molecule has 7 nitrogen and oxygen atoms in total. The largest absolute Gasteiger partial charge is 0.418 e. The first-order chi connectivity index (χ1) is 20.0. The Morgan fingerprint density at radius 2 is 1.64 bits per heavy atom. The van der Waals surface area contributed by atoms with Crippen molar-refractivity contribution < 1.29 is 27.6 Å². The van der Waals surface area contributed by atoms with Gasteiger partial charge in [0.05, 0.1) is 32.8 Å². The number of carbonyl (C=O) groups excluding carboxylic acids is 3. The number of nitrogens with zero attached hydrogens (tertiary/aromatic N) is 2. The van der Waals surface area contributed by atoms with Crippen molar-refractivity contribution in [3.05, 3.63) is 83.4 Å². The van der Waals surface area contributed by atoms with Crippen molar-refractivity contribution in [3.8, 4) is 0 Å². The molecule has 4 aromatic rings. The van der Waals surface area contributed by atoms with Crippen LogP contribution in [0.25, 0.3) is 10.2 Å². The Morgan fingerprint density at radius 1 is 0.976 bits per heavy atom. The molecule has 0 radical (unpaired) electrons. The zero-order chi connectivity index (χ0) is 30.3. The molecular weight excluding hydrogens is 585 g/mol. The number of hydrogen-bond acceptors (Lipinski definition) is 7. The fourth-order valence-electron chi connectivity index (χ4n) is 4.38. The van der Waals surface area contributed by atoms with Crippen LogP contribution >= 0.6 is 23.1 Å². The first kappa shape index (κ1) is 31.0. The molecule has 2 amide bonds. The van der Waals surface area contributed by atoms with Crippen LogP contribution in [0.15, 0.2) is 71.1 Å². The fourth-order valence-corrected chi connectivity index (χ4v) is 6.30. The SMILES string of the molecule is CC(=O)c1ccccc1C(=O)N1CCCCC1.Nc1ccc2nc(SCC(=O)Nc3ccccc3C(F)(F)F)sc2c1. The van der Waals surface area contributed by atoms with E-state index in [-0.39, 0.29) is 23.1 Å². The molecule has 3 aromatic carbocycles. The van der Waals surface area contributed by atoms with Gasteiger partial charge in [0, 0.05) is 24.3 Å². The van der Waals surface area contributed by atoms with Crippen LogP contribution in [-0.2, 0) is 11.0 Å². The van der Waals surface area contributed by atoms with Gasteiger partial charge in [-0.05, 0) is 62.6 Å². The van der Waals surface area contributed by atoms with Gasteiger partial charge in [0.1, 0.15) is 0 Å². The summed E-state index contributed by atoms with van der Waals surface area (Å²) in [5.41, 5.74) is 7.04. The van der Waals surface area contributed by atoms with E-state index in [1.165, 1.54) is 54.6 Å². The van der Waals surface area contributed by atoms with Crippen LogP contribution in [-0.4, -0.2) is 46.3 Å². The van der Waals surface area contributed by atoms with Crippen LogP contribution in [0.3, 0.4) is 0 Å². The van der Waals surface area contributed by atoms with Gasteiger partial charge in [-0.2, -0.15) is 13.2 Å². The second-order valence-electron chi connectivity index (χ2n) is 9.54. The lowest BCUT2D eigenvalue weighted by Gasteiger charge is -2.27. The van der Waals surface area contributed by atoms with E-state index in [1.54, 1.807) is 36.4 Å². The van der Waals surface area contributed by atoms with E-state index < -0.39 is 17.6 Å². The van der Waals surface area contributed by atoms with Crippen molar-refractivity contribution in [2.75, 3.05) is 29.9 Å². The third kappa shape index (κ3) is 8.10. The molecule has 5 rings (SSSR count). The molecular formula is C30H29F3N4O3S2. The number of Topliss-reactive ketones (excluding diaryl/α,β-unsaturated/α-hetero) is 1. The Kier molecular flexibility index (Phi) is 10.2. The van der Waals surface area contributed by atoms with Crippen LogP contribution < -0.4 is 11.1 Å². The molecule has 3 N–H and O–H groups in total. The number of aromatic nitrogens is 1. The van der Waals surface area contributed by atoms with Gasteiger partial charge in [0.2, 0.25) is 5.91 Å². The summed E-state index contributed by atoms with van der Waals surface area (Å²) in [6.07, 6.45) is -1.20. The highest BCUT2D eigenvalue weighted by Crippen LogP contribution is 2.35. The van der Waals surface area contributed by atoms with Gasteiger partial charge in [-0.1, -0.05) is 42.1 Å². The van der Waals surface area contributed by atoms with Crippen molar-refractivity contribution in [1.29, 1.82) is 0 Å². The molecule has 0 unspecified atom stereocenters. The Balaban J connectivity index is 0.000000208. The number of halogens is 3. The molecule has 1 fully saturated rings. The summed E-state index contributed by atoms with van der Waals surface area (Å²) < 4.78 is 40.3. The highest BCUT2D eigenvalue weighted by atomic mass is 32.2. The number of thiazole rings is 1. The zero-order valence-electron chi connectivity index (χ0n) is 22.7. The Bertz CT molecular complexity index is 1580. The lowest BCUT2D eigenvalue weighted by Crippen LogP contribution is -2.36. The first-order valence-electron chi connectivity index (χ1n) is 13.2. The molecule has 0 aliphatic carbocycles. The third-order valence-corrected chi connectivity index (χ3v) is 8.57. The molecule has 220 valence electrons. The standard InChI is InChI=1S/C16H12F3N3OS2.C14H17NO2/c17-16(18,19)10-3-1-2-4-11(10)21-14(23)8-24-15-22-12-6-5-9(20)7-13(12)25-15;1-11(16)12-7-3-4-8-13(12)14(17)15-9-5-2-6-10-15/h1-7H,8,20H2,(H,21,23);3-4,7-8H,2,5-6,9-10H2,1H3. The normalized spacial score (nSPS) is 13.3. The molecule has 0 bridgehead atoms. The third-order valence-electron chi connectivity index (χ3n) is 6.41. The van der Waals surface area contributed by atoms with Crippen LogP contribution in [0, 0.1) is 0 Å². The van der Waals surface area contributed by atoms with Crippen LogP contribution in [0.1, 0.15) is 52.5 Å². The van der Waals surface area contributed by atoms with Gasteiger partial charge in [0.25, 0.3) is 5.91 Å². The molecule has 0 atom stereocenters. The minimum absolute atomic E-state index is 0.00417. The van der Waals surface area contributed by atoms with E-state index in [0.717, 1.165) is 42.2 Å². The van der Waals surface area contributed by atoms with Crippen molar-refractivity contribution in [1.82, 2.24) is 9.88 Å². The van der Waals surface area contributed by atoms with Gasteiger partial charge in [-0.25, -0.2) is 4.98 Å². The van der Waals surface area contributed by atoms with E-state index in [2.05, 4.69) is 10.3 Å². The van der Waals surface area contributed by atoms with Gasteiger partial charge >= 0.3 is 6.18 Å². The van der Waals surface area contributed by atoms with Gasteiger partial charge < -0.3 is 16.0 Å². The zero-order valence-corrected chi connectivity index (χ0v) is 24.4. The predicted octanol–water partition coefficient (Wildman–Crippen LogP) is 7.14. The number of hydrogen-bond donors (Lipinski definition) is 2. The minimum atomic E-state index is -4.52. The molecule has 2 heterocycles. The van der Waals surface area contributed by atoms with E-state index in [0.29, 0.717) is 21.2 Å². The van der Waals surface area contributed by atoms with Crippen molar-refractivity contribution >= 4 is 62.3 Å². The molecule has 42 heavy (non-hydrogen) atoms. The quantitative estimate of drug-likeness (QED) is 0.136. The van der Waals surface area contributed by atoms with Crippen molar-refractivity contribution in [2.24, 2.45) is 0 Å². The number of anilines is 2. The summed E-state index contributed by atoms with van der Waals surface area (Å²) in [7, 11) is 0. The average molecular weight is 615 g/mol. The Morgan fingerprint density at radius 3 is 2.33 bits per heavy atom. The maximum atomic E-state index is 12.9. The molecule has 0 spiro atoms. The number of nitrogens with one attached hydrogen (secondary N) is 1. The minimum Gasteiger partial charge on any atom is -0.399 e. The van der Waals surface area contributed by atoms with Crippen molar-refractivity contribution in [3.63, 3.8) is 0 Å². The number of piperidine rings is 1. The summed E-state index contributed by atoms with van der Waals surface area (Å²) in [4.78, 5) is 42.0. The number of amides is 2. The first-order valence-corrected chi connectivity index (χ1v) is 15.0. The highest BCUT2D eigenvalue weighted by molar-refractivity contribution is 8.01. The lowest BCUT2D eigenvalue weighted by atomic mass is 10.0. The number of rotatable bonds is 6. The number of likely N-dealkylation sites (tertiary alicyclic amines) is 1. The molecule has 1 aliphatic rings. The van der Waals surface area contributed by atoms with Gasteiger partial charge in [0.15, 0.2) is 10.1 Å². The summed E-state index contributed by atoms with van der Waals surface area (Å²) in [6.45, 7) is 3.12. The molecule has 1 aliphatic heterocycles. The number of benzene rings is 3. The summed E-state index contributed by atoms with van der Waals surface area (Å²) >= 11 is 2.55. The second-order valence-corrected chi connectivity index (χ2v) is 11.8. The number of nitrogens with two attached hydrogens (primary N) is 1. The predicted molar refractivity (Wildman–Crippen MR) is 161 cm³/mol. The monoisotopic (exact) mass is 614 g/mol.